The lowest BCUT2D eigenvalue weighted by Gasteiger charge is -1.97. The van der Waals surface area contributed by atoms with Crippen molar-refractivity contribution < 1.29 is 9.84 Å². The van der Waals surface area contributed by atoms with Crippen LogP contribution in [0.15, 0.2) is 4.79 Å². The van der Waals surface area contributed by atoms with Crippen LogP contribution in [0.2, 0.25) is 0 Å². The molecule has 0 fully saturated rings. The Balaban J connectivity index is 2.87. The van der Waals surface area contributed by atoms with Gasteiger partial charge in [-0.1, -0.05) is 0 Å². The van der Waals surface area contributed by atoms with E-state index in [9.17, 15) is 9.90 Å². The molecule has 2 rings (SSSR count). The molecule has 0 radical (unpaired) electrons. The number of hydrogen-bond donors (Lipinski definition) is 2. The zero-order chi connectivity index (χ0) is 10.3. The third-order valence-electron chi connectivity index (χ3n) is 1.87. The van der Waals surface area contributed by atoms with Gasteiger partial charge < -0.3 is 9.84 Å². The van der Waals surface area contributed by atoms with Crippen LogP contribution in [0, 0.1) is 6.92 Å². The standard InChI is InChI=1S/C7H8N4O3/c1-3-4(12)8-6-9-7(14-2)10-11(6)5(3)13/h13H,1-2H3,(H,8,9,10,12). The van der Waals surface area contributed by atoms with E-state index in [1.165, 1.54) is 14.0 Å². The van der Waals surface area contributed by atoms with Gasteiger partial charge in [-0.3, -0.25) is 9.78 Å². The smallest absolute Gasteiger partial charge is 0.337 e. The Hall–Kier alpha value is -2.05. The molecule has 0 bridgehead atoms. The monoisotopic (exact) mass is 196 g/mol. The molecule has 2 aromatic heterocycles. The van der Waals surface area contributed by atoms with Crippen LogP contribution < -0.4 is 10.3 Å². The zero-order valence-corrected chi connectivity index (χ0v) is 7.61. The molecule has 0 saturated heterocycles. The first-order valence-electron chi connectivity index (χ1n) is 3.86. The molecule has 0 aromatic carbocycles. The summed E-state index contributed by atoms with van der Waals surface area (Å²) in [6, 6.07) is 0.0848. The number of nitrogens with one attached hydrogen (secondary N) is 1. The molecule has 2 heterocycles. The number of nitrogens with zero attached hydrogens (tertiary/aromatic N) is 3. The summed E-state index contributed by atoms with van der Waals surface area (Å²) in [6.45, 7) is 1.49. The topological polar surface area (TPSA) is 92.5 Å². The molecule has 0 aliphatic rings. The van der Waals surface area contributed by atoms with Crippen LogP contribution in [0.1, 0.15) is 5.56 Å². The van der Waals surface area contributed by atoms with E-state index in [4.69, 9.17) is 4.74 Å². The van der Waals surface area contributed by atoms with E-state index in [1.54, 1.807) is 0 Å². The second-order valence-corrected chi connectivity index (χ2v) is 2.74. The van der Waals surface area contributed by atoms with E-state index >= 15 is 0 Å². The number of H-pyrrole nitrogens is 1. The van der Waals surface area contributed by atoms with Crippen LogP contribution in [-0.2, 0) is 0 Å². The number of aromatic hydroxyl groups is 1. The number of aromatic amines is 1. The third-order valence-corrected chi connectivity index (χ3v) is 1.87. The van der Waals surface area contributed by atoms with Crippen LogP contribution >= 0.6 is 0 Å². The second-order valence-electron chi connectivity index (χ2n) is 2.74. The summed E-state index contributed by atoms with van der Waals surface area (Å²) < 4.78 is 5.86. The summed E-state index contributed by atoms with van der Waals surface area (Å²) >= 11 is 0. The zero-order valence-electron chi connectivity index (χ0n) is 7.61. The van der Waals surface area contributed by atoms with Crippen molar-refractivity contribution in [3.05, 3.63) is 15.9 Å². The molecule has 2 aromatic rings. The maximum Gasteiger partial charge on any atom is 0.337 e. The van der Waals surface area contributed by atoms with Crippen LogP contribution in [-0.4, -0.2) is 31.8 Å². The first-order chi connectivity index (χ1) is 6.63. The van der Waals surface area contributed by atoms with Crippen molar-refractivity contribution >= 4 is 5.78 Å². The molecule has 2 N–H and O–H groups in total. The van der Waals surface area contributed by atoms with Crippen molar-refractivity contribution in [1.82, 2.24) is 19.6 Å². The first kappa shape index (κ1) is 8.54. The molecule has 0 unspecified atom stereocenters. The fourth-order valence-electron chi connectivity index (χ4n) is 1.06. The lowest BCUT2D eigenvalue weighted by atomic mass is 10.4. The Morgan fingerprint density at radius 3 is 2.93 bits per heavy atom. The van der Waals surface area contributed by atoms with Gasteiger partial charge in [0, 0.05) is 0 Å². The molecule has 0 aliphatic carbocycles. The summed E-state index contributed by atoms with van der Waals surface area (Å²) in [5.74, 6) is -0.0884. The number of ether oxygens (including phenoxy) is 1. The van der Waals surface area contributed by atoms with Crippen molar-refractivity contribution in [2.24, 2.45) is 0 Å². The van der Waals surface area contributed by atoms with E-state index in [0.717, 1.165) is 4.52 Å². The van der Waals surface area contributed by atoms with Gasteiger partial charge in [0.1, 0.15) is 0 Å². The Morgan fingerprint density at radius 2 is 2.29 bits per heavy atom. The molecule has 14 heavy (non-hydrogen) atoms. The van der Waals surface area contributed by atoms with Gasteiger partial charge in [-0.15, -0.1) is 5.10 Å². The highest BCUT2D eigenvalue weighted by Gasteiger charge is 2.11. The summed E-state index contributed by atoms with van der Waals surface area (Å²) in [5, 5.41) is 13.3. The minimum atomic E-state index is -0.398. The Kier molecular flexibility index (Phi) is 1.66. The van der Waals surface area contributed by atoms with Crippen molar-refractivity contribution in [1.29, 1.82) is 0 Å². The number of rotatable bonds is 1. The Labute approximate surface area is 78.0 Å². The number of fused-ring (bicyclic) bond motifs is 1. The molecular formula is C7H8N4O3. The Bertz CT molecular complexity index is 542. The van der Waals surface area contributed by atoms with Crippen molar-refractivity contribution in [3.8, 4) is 11.9 Å². The molecule has 7 nitrogen and oxygen atoms in total. The molecule has 0 saturated carbocycles. The third kappa shape index (κ3) is 1.02. The molecule has 74 valence electrons. The minimum absolute atomic E-state index is 0.0848. The molecule has 0 atom stereocenters. The summed E-state index contributed by atoms with van der Waals surface area (Å²) in [7, 11) is 1.40. The summed E-state index contributed by atoms with van der Waals surface area (Å²) in [5.41, 5.74) is -0.213. The summed E-state index contributed by atoms with van der Waals surface area (Å²) in [6.07, 6.45) is 0. The highest BCUT2D eigenvalue weighted by atomic mass is 16.5. The molecule has 7 heteroatoms. The van der Waals surface area contributed by atoms with Gasteiger partial charge >= 0.3 is 6.01 Å². The highest BCUT2D eigenvalue weighted by Crippen LogP contribution is 2.13. The molecule has 0 amide bonds. The van der Waals surface area contributed by atoms with Gasteiger partial charge in [0.2, 0.25) is 11.7 Å². The number of methoxy groups -OCH3 is 1. The van der Waals surface area contributed by atoms with Gasteiger partial charge in [-0.2, -0.15) is 9.50 Å². The Morgan fingerprint density at radius 1 is 1.57 bits per heavy atom. The lowest BCUT2D eigenvalue weighted by molar-refractivity contribution is 0.374. The van der Waals surface area contributed by atoms with Crippen molar-refractivity contribution in [2.75, 3.05) is 7.11 Å². The van der Waals surface area contributed by atoms with E-state index in [1.807, 2.05) is 0 Å². The first-order valence-corrected chi connectivity index (χ1v) is 3.86. The number of hydrogen-bond acceptors (Lipinski definition) is 5. The van der Waals surface area contributed by atoms with Crippen LogP contribution in [0.25, 0.3) is 5.78 Å². The van der Waals surface area contributed by atoms with E-state index in [2.05, 4.69) is 15.1 Å². The average molecular weight is 196 g/mol. The van der Waals surface area contributed by atoms with Gasteiger partial charge in [0.05, 0.1) is 12.7 Å². The average Bonchev–Trinajstić information content (AvgIpc) is 2.57. The van der Waals surface area contributed by atoms with E-state index < -0.39 is 5.56 Å². The predicted octanol–water partition coefficient (Wildman–Crippen LogP) is -0.560. The number of aromatic nitrogens is 4. The molecule has 0 aliphatic heterocycles. The van der Waals surface area contributed by atoms with E-state index in [-0.39, 0.29) is 23.2 Å². The fraction of sp³-hybridized carbons (Fsp3) is 0.286. The largest absolute Gasteiger partial charge is 0.493 e. The summed E-state index contributed by atoms with van der Waals surface area (Å²) in [4.78, 5) is 17.5. The normalized spacial score (nSPS) is 10.7. The molecular weight excluding hydrogens is 188 g/mol. The lowest BCUT2D eigenvalue weighted by Crippen LogP contribution is -2.12. The van der Waals surface area contributed by atoms with E-state index in [0.29, 0.717) is 0 Å². The van der Waals surface area contributed by atoms with Crippen LogP contribution in [0.5, 0.6) is 11.9 Å². The van der Waals surface area contributed by atoms with Crippen LogP contribution in [0.3, 0.4) is 0 Å². The predicted molar refractivity (Wildman–Crippen MR) is 46.6 cm³/mol. The highest BCUT2D eigenvalue weighted by molar-refractivity contribution is 5.36. The van der Waals surface area contributed by atoms with Gasteiger partial charge in [0.15, 0.2) is 0 Å². The SMILES string of the molecule is COc1nc2[nH]c(=O)c(C)c(O)n2n1. The maximum absolute atomic E-state index is 11.2. The van der Waals surface area contributed by atoms with Gasteiger partial charge in [0.25, 0.3) is 5.56 Å². The van der Waals surface area contributed by atoms with Crippen molar-refractivity contribution in [2.45, 2.75) is 6.92 Å². The van der Waals surface area contributed by atoms with Crippen molar-refractivity contribution in [3.63, 3.8) is 0 Å². The van der Waals surface area contributed by atoms with Gasteiger partial charge in [-0.05, 0) is 6.92 Å². The van der Waals surface area contributed by atoms with Gasteiger partial charge in [-0.25, -0.2) is 0 Å². The second kappa shape index (κ2) is 2.72. The fourth-order valence-corrected chi connectivity index (χ4v) is 1.06. The maximum atomic E-state index is 11.2. The minimum Gasteiger partial charge on any atom is -0.493 e. The van der Waals surface area contributed by atoms with Crippen LogP contribution in [0.4, 0.5) is 0 Å². The quantitative estimate of drug-likeness (QED) is 0.637. The molecule has 0 spiro atoms.